The highest BCUT2D eigenvalue weighted by atomic mass is 35.5. The van der Waals surface area contributed by atoms with Crippen molar-refractivity contribution in [3.05, 3.63) is 69.2 Å². The number of hydrogen-bond acceptors (Lipinski definition) is 4. The molecule has 0 unspecified atom stereocenters. The molecule has 0 spiro atoms. The van der Waals surface area contributed by atoms with E-state index >= 15 is 0 Å². The summed E-state index contributed by atoms with van der Waals surface area (Å²) in [7, 11) is 0. The standard InChI is InChI=1S/C19H21ClN4O2S/c20-16-9-8-15(24(25)26)12-17(16)22-19(27)21-13-18(23-10-4-5-11-23)14-6-2-1-3-7-14/h1-3,6-9,12,18H,4-5,10-11,13H2,(H2,21,22,27)/t18-/m1/s1. The molecule has 1 aliphatic rings. The van der Waals surface area contributed by atoms with Crippen molar-refractivity contribution in [2.45, 2.75) is 18.9 Å². The van der Waals surface area contributed by atoms with Gasteiger partial charge in [-0.05, 0) is 49.8 Å². The van der Waals surface area contributed by atoms with Crippen LogP contribution in [0.4, 0.5) is 11.4 Å². The third-order valence-electron chi connectivity index (χ3n) is 4.63. The Balaban J connectivity index is 1.66. The molecule has 0 radical (unpaired) electrons. The molecule has 2 aromatic rings. The van der Waals surface area contributed by atoms with E-state index in [1.807, 2.05) is 18.2 Å². The van der Waals surface area contributed by atoms with Gasteiger partial charge in [-0.3, -0.25) is 15.0 Å². The van der Waals surface area contributed by atoms with Crippen LogP contribution in [-0.4, -0.2) is 34.6 Å². The van der Waals surface area contributed by atoms with Gasteiger partial charge in [0.05, 0.1) is 21.7 Å². The van der Waals surface area contributed by atoms with Gasteiger partial charge in [-0.15, -0.1) is 0 Å². The fraction of sp³-hybridized carbons (Fsp3) is 0.316. The molecule has 2 N–H and O–H groups in total. The summed E-state index contributed by atoms with van der Waals surface area (Å²) in [5.74, 6) is 0. The normalized spacial score (nSPS) is 15.3. The molecule has 1 aliphatic heterocycles. The Bertz CT molecular complexity index is 813. The van der Waals surface area contributed by atoms with Crippen molar-refractivity contribution >= 4 is 40.3 Å². The van der Waals surface area contributed by atoms with Crippen LogP contribution in [0.5, 0.6) is 0 Å². The molecule has 0 saturated carbocycles. The summed E-state index contributed by atoms with van der Waals surface area (Å²) in [4.78, 5) is 12.9. The average Bonchev–Trinajstić information content (AvgIpc) is 3.19. The summed E-state index contributed by atoms with van der Waals surface area (Å²) in [6.45, 7) is 2.78. The minimum Gasteiger partial charge on any atom is -0.361 e. The Morgan fingerprint density at radius 2 is 1.93 bits per heavy atom. The van der Waals surface area contributed by atoms with Gasteiger partial charge in [0.2, 0.25) is 0 Å². The van der Waals surface area contributed by atoms with Crippen LogP contribution in [0.2, 0.25) is 5.02 Å². The van der Waals surface area contributed by atoms with E-state index < -0.39 is 4.92 Å². The number of rotatable bonds is 6. The van der Waals surface area contributed by atoms with Crippen LogP contribution in [0.25, 0.3) is 0 Å². The first kappa shape index (κ1) is 19.5. The number of nitro groups is 1. The van der Waals surface area contributed by atoms with E-state index in [-0.39, 0.29) is 11.7 Å². The second-order valence-electron chi connectivity index (χ2n) is 6.43. The lowest BCUT2D eigenvalue weighted by Crippen LogP contribution is -2.38. The van der Waals surface area contributed by atoms with E-state index in [9.17, 15) is 10.1 Å². The van der Waals surface area contributed by atoms with Crippen molar-refractivity contribution in [2.75, 3.05) is 25.0 Å². The molecule has 1 heterocycles. The molecule has 27 heavy (non-hydrogen) atoms. The van der Waals surface area contributed by atoms with Gasteiger partial charge in [-0.2, -0.15) is 0 Å². The molecule has 0 amide bonds. The molecule has 6 nitrogen and oxygen atoms in total. The fourth-order valence-electron chi connectivity index (χ4n) is 3.26. The molecule has 1 atom stereocenters. The van der Waals surface area contributed by atoms with Crippen molar-refractivity contribution in [1.29, 1.82) is 0 Å². The molecule has 0 aromatic heterocycles. The third-order valence-corrected chi connectivity index (χ3v) is 5.21. The van der Waals surface area contributed by atoms with Gasteiger partial charge < -0.3 is 10.6 Å². The SMILES string of the molecule is O=[N+]([O-])c1ccc(Cl)c(NC(=S)NC[C@H](c2ccccc2)N2CCCC2)c1. The van der Waals surface area contributed by atoms with Gasteiger partial charge in [-0.25, -0.2) is 0 Å². The number of benzene rings is 2. The van der Waals surface area contributed by atoms with E-state index in [0.717, 1.165) is 13.1 Å². The summed E-state index contributed by atoms with van der Waals surface area (Å²) in [5, 5.41) is 17.9. The van der Waals surface area contributed by atoms with Gasteiger partial charge >= 0.3 is 0 Å². The number of halogens is 1. The molecule has 2 aromatic carbocycles. The lowest BCUT2D eigenvalue weighted by atomic mass is 10.1. The van der Waals surface area contributed by atoms with Crippen LogP contribution in [0.3, 0.4) is 0 Å². The Hall–Kier alpha value is -2.22. The second kappa shape index (κ2) is 9.12. The first-order valence-electron chi connectivity index (χ1n) is 8.82. The Morgan fingerprint density at radius 1 is 1.22 bits per heavy atom. The molecule has 3 rings (SSSR count). The minimum absolute atomic E-state index is 0.0380. The first-order chi connectivity index (χ1) is 13.0. The molecule has 8 heteroatoms. The zero-order chi connectivity index (χ0) is 19.2. The maximum atomic E-state index is 10.9. The molecule has 1 saturated heterocycles. The summed E-state index contributed by atoms with van der Waals surface area (Å²) in [5.41, 5.74) is 1.62. The summed E-state index contributed by atoms with van der Waals surface area (Å²) >= 11 is 11.5. The van der Waals surface area contributed by atoms with Crippen molar-refractivity contribution in [1.82, 2.24) is 10.2 Å². The highest BCUT2D eigenvalue weighted by molar-refractivity contribution is 7.80. The topological polar surface area (TPSA) is 70.4 Å². The number of nitrogens with one attached hydrogen (secondary N) is 2. The van der Waals surface area contributed by atoms with Gasteiger partial charge in [-0.1, -0.05) is 41.9 Å². The van der Waals surface area contributed by atoms with Crippen LogP contribution in [0.1, 0.15) is 24.4 Å². The minimum atomic E-state index is -0.462. The van der Waals surface area contributed by atoms with Crippen LogP contribution in [-0.2, 0) is 0 Å². The Kier molecular flexibility index (Phi) is 6.60. The first-order valence-corrected chi connectivity index (χ1v) is 9.61. The predicted octanol–water partition coefficient (Wildman–Crippen LogP) is 4.37. The number of anilines is 1. The Labute approximate surface area is 168 Å². The van der Waals surface area contributed by atoms with E-state index in [2.05, 4.69) is 27.7 Å². The number of hydrogen-bond donors (Lipinski definition) is 2. The fourth-order valence-corrected chi connectivity index (χ4v) is 3.62. The largest absolute Gasteiger partial charge is 0.361 e. The number of non-ortho nitro benzene ring substituents is 1. The van der Waals surface area contributed by atoms with Crippen molar-refractivity contribution in [3.8, 4) is 0 Å². The smallest absolute Gasteiger partial charge is 0.271 e. The third kappa shape index (κ3) is 5.15. The summed E-state index contributed by atoms with van der Waals surface area (Å²) in [6, 6.07) is 14.8. The lowest BCUT2D eigenvalue weighted by Gasteiger charge is -2.28. The summed E-state index contributed by atoms with van der Waals surface area (Å²) in [6.07, 6.45) is 2.41. The van der Waals surface area contributed by atoms with E-state index in [0.29, 0.717) is 22.4 Å². The zero-order valence-corrected chi connectivity index (χ0v) is 16.3. The predicted molar refractivity (Wildman–Crippen MR) is 112 cm³/mol. The zero-order valence-electron chi connectivity index (χ0n) is 14.7. The van der Waals surface area contributed by atoms with Crippen LogP contribution >= 0.6 is 23.8 Å². The van der Waals surface area contributed by atoms with Gasteiger partial charge in [0.15, 0.2) is 5.11 Å². The summed E-state index contributed by atoms with van der Waals surface area (Å²) < 4.78 is 0. The number of thiocarbonyl (C=S) groups is 1. The van der Waals surface area contributed by atoms with Crippen molar-refractivity contribution in [3.63, 3.8) is 0 Å². The maximum absolute atomic E-state index is 10.9. The van der Waals surface area contributed by atoms with Gasteiger partial charge in [0.1, 0.15) is 0 Å². The number of nitrogens with zero attached hydrogens (tertiary/aromatic N) is 2. The van der Waals surface area contributed by atoms with E-state index in [4.69, 9.17) is 23.8 Å². The van der Waals surface area contributed by atoms with Crippen LogP contribution in [0, 0.1) is 10.1 Å². The second-order valence-corrected chi connectivity index (χ2v) is 7.24. The monoisotopic (exact) mass is 404 g/mol. The molecular formula is C19H21ClN4O2S. The lowest BCUT2D eigenvalue weighted by molar-refractivity contribution is -0.384. The highest BCUT2D eigenvalue weighted by Crippen LogP contribution is 2.27. The molecule has 0 aliphatic carbocycles. The van der Waals surface area contributed by atoms with Gasteiger partial charge in [0, 0.05) is 18.7 Å². The molecule has 0 bridgehead atoms. The maximum Gasteiger partial charge on any atom is 0.271 e. The van der Waals surface area contributed by atoms with Crippen LogP contribution in [0.15, 0.2) is 48.5 Å². The van der Waals surface area contributed by atoms with E-state index in [1.165, 1.54) is 36.6 Å². The highest BCUT2D eigenvalue weighted by Gasteiger charge is 2.23. The van der Waals surface area contributed by atoms with Crippen molar-refractivity contribution < 1.29 is 4.92 Å². The van der Waals surface area contributed by atoms with Crippen LogP contribution < -0.4 is 10.6 Å². The molecular weight excluding hydrogens is 384 g/mol. The molecule has 142 valence electrons. The average molecular weight is 405 g/mol. The van der Waals surface area contributed by atoms with Gasteiger partial charge in [0.25, 0.3) is 5.69 Å². The Morgan fingerprint density at radius 3 is 2.59 bits per heavy atom. The van der Waals surface area contributed by atoms with E-state index in [1.54, 1.807) is 0 Å². The molecule has 1 fully saturated rings. The quantitative estimate of drug-likeness (QED) is 0.423. The van der Waals surface area contributed by atoms with Crippen molar-refractivity contribution in [2.24, 2.45) is 0 Å². The number of likely N-dealkylation sites (tertiary alicyclic amines) is 1. The number of nitro benzene ring substituents is 1.